The van der Waals surface area contributed by atoms with Gasteiger partial charge >= 0.3 is 0 Å². The Balaban J connectivity index is 5.08. The van der Waals surface area contributed by atoms with Gasteiger partial charge in [0.1, 0.15) is 0 Å². The van der Waals surface area contributed by atoms with E-state index in [1.54, 1.807) is 0 Å². The topological polar surface area (TPSA) is 107 Å². The van der Waals surface area contributed by atoms with Crippen LogP contribution in [0.5, 0.6) is 0 Å². The average molecular weight is 227 g/mol. The Bertz CT molecular complexity index is 281. The number of rotatable bonds is 5. The largest absolute Gasteiger partial charge is 0.395 e. The Morgan fingerprint density at radius 1 is 1.29 bits per heavy atom. The van der Waals surface area contributed by atoms with E-state index in [0.29, 0.717) is 0 Å². The summed E-state index contributed by atoms with van der Waals surface area (Å²) in [5.41, 5.74) is -1.67. The lowest BCUT2D eigenvalue weighted by atomic mass is 10.00. The van der Waals surface area contributed by atoms with Gasteiger partial charge in [-0.25, -0.2) is 0 Å². The maximum atomic E-state index is 11.1. The second-order valence-corrected chi connectivity index (χ2v) is 5.48. The molecule has 0 aromatic carbocycles. The lowest BCUT2D eigenvalue weighted by Gasteiger charge is -2.37. The van der Waals surface area contributed by atoms with Crippen LogP contribution in [0.15, 0.2) is 0 Å². The van der Waals surface area contributed by atoms with Crippen molar-refractivity contribution < 1.29 is 23.2 Å². The zero-order chi connectivity index (χ0) is 11.6. The fourth-order valence-electron chi connectivity index (χ4n) is 0.918. The third kappa shape index (κ3) is 2.64. The first-order valence-electron chi connectivity index (χ1n) is 4.11. The SMILES string of the molecule is CC(C)(O)C(C)(NCCO)S(=O)(=O)O. The molecule has 14 heavy (non-hydrogen) atoms. The standard InChI is InChI=1S/C7H17NO5S/c1-6(2,10)7(3,8-4-5-9)14(11,12)13/h8-10H,4-5H2,1-3H3,(H,11,12,13). The highest BCUT2D eigenvalue weighted by atomic mass is 32.2. The molecule has 4 N–H and O–H groups in total. The highest BCUT2D eigenvalue weighted by Crippen LogP contribution is 2.26. The molecule has 0 saturated heterocycles. The average Bonchev–Trinajstić information content (AvgIpc) is 1.95. The van der Waals surface area contributed by atoms with Crippen LogP contribution in [0.3, 0.4) is 0 Å². The molecule has 1 atom stereocenters. The molecule has 0 bridgehead atoms. The highest BCUT2D eigenvalue weighted by molar-refractivity contribution is 7.87. The van der Waals surface area contributed by atoms with E-state index < -0.39 is 20.6 Å². The summed E-state index contributed by atoms with van der Waals surface area (Å²) in [6.45, 7) is 3.33. The van der Waals surface area contributed by atoms with Crippen molar-refractivity contribution in [2.45, 2.75) is 31.2 Å². The van der Waals surface area contributed by atoms with Gasteiger partial charge < -0.3 is 10.2 Å². The van der Waals surface area contributed by atoms with Crippen LogP contribution < -0.4 is 5.32 Å². The number of hydrogen-bond donors (Lipinski definition) is 4. The van der Waals surface area contributed by atoms with Crippen LogP contribution >= 0.6 is 0 Å². The van der Waals surface area contributed by atoms with Crippen LogP contribution in [0.1, 0.15) is 20.8 Å². The first-order chi connectivity index (χ1) is 6.06. The fraction of sp³-hybridized carbons (Fsp3) is 1.00. The van der Waals surface area contributed by atoms with Gasteiger partial charge in [-0.1, -0.05) is 0 Å². The van der Waals surface area contributed by atoms with Crippen LogP contribution in [0, 0.1) is 0 Å². The van der Waals surface area contributed by atoms with Gasteiger partial charge in [-0.3, -0.25) is 9.87 Å². The molecule has 0 spiro atoms. The summed E-state index contributed by atoms with van der Waals surface area (Å²) in [4.78, 5) is -1.90. The first kappa shape index (κ1) is 13.8. The molecule has 0 aromatic rings. The lowest BCUT2D eigenvalue weighted by Crippen LogP contribution is -2.63. The summed E-state index contributed by atoms with van der Waals surface area (Å²) in [6.07, 6.45) is 0. The molecule has 0 radical (unpaired) electrons. The van der Waals surface area contributed by atoms with E-state index >= 15 is 0 Å². The lowest BCUT2D eigenvalue weighted by molar-refractivity contribution is 0.0200. The molecule has 6 nitrogen and oxygen atoms in total. The van der Waals surface area contributed by atoms with Crippen molar-refractivity contribution in [2.24, 2.45) is 0 Å². The van der Waals surface area contributed by atoms with Gasteiger partial charge in [-0.2, -0.15) is 8.42 Å². The van der Waals surface area contributed by atoms with E-state index in [2.05, 4.69) is 5.32 Å². The second-order valence-electron chi connectivity index (χ2n) is 3.72. The molecule has 0 aliphatic rings. The van der Waals surface area contributed by atoms with Crippen LogP contribution in [0.4, 0.5) is 0 Å². The van der Waals surface area contributed by atoms with Crippen molar-refractivity contribution in [3.05, 3.63) is 0 Å². The Morgan fingerprint density at radius 3 is 1.93 bits per heavy atom. The maximum absolute atomic E-state index is 11.1. The van der Waals surface area contributed by atoms with Crippen molar-refractivity contribution in [1.29, 1.82) is 0 Å². The molecule has 7 heteroatoms. The van der Waals surface area contributed by atoms with Crippen molar-refractivity contribution in [3.8, 4) is 0 Å². The van der Waals surface area contributed by atoms with Gasteiger partial charge in [0.2, 0.25) is 0 Å². The summed E-state index contributed by atoms with van der Waals surface area (Å²) >= 11 is 0. The van der Waals surface area contributed by atoms with Crippen LogP contribution in [0.2, 0.25) is 0 Å². The van der Waals surface area contributed by atoms with E-state index in [4.69, 9.17) is 9.66 Å². The summed E-state index contributed by atoms with van der Waals surface area (Å²) < 4.78 is 31.1. The molecule has 0 rings (SSSR count). The molecule has 0 saturated carbocycles. The minimum absolute atomic E-state index is 0.0414. The van der Waals surface area contributed by atoms with E-state index in [1.165, 1.54) is 13.8 Å². The summed E-state index contributed by atoms with van der Waals surface area (Å²) in [5.74, 6) is 0. The molecule has 0 heterocycles. The smallest absolute Gasteiger partial charge is 0.286 e. The minimum atomic E-state index is -4.47. The number of aliphatic hydroxyl groups is 2. The van der Waals surface area contributed by atoms with Crippen LogP contribution in [-0.2, 0) is 10.1 Å². The molecular formula is C7H17NO5S. The van der Waals surface area contributed by atoms with Crippen molar-refractivity contribution >= 4 is 10.1 Å². The zero-order valence-corrected chi connectivity index (χ0v) is 9.30. The fourth-order valence-corrected chi connectivity index (χ4v) is 1.83. The molecule has 86 valence electrons. The summed E-state index contributed by atoms with van der Waals surface area (Å²) in [6, 6.07) is 0. The quantitative estimate of drug-likeness (QED) is 0.446. The molecule has 1 unspecified atom stereocenters. The number of aliphatic hydroxyl groups excluding tert-OH is 1. The molecule has 0 fully saturated rings. The Hall–Kier alpha value is -0.210. The highest BCUT2D eigenvalue weighted by Gasteiger charge is 2.49. The Labute approximate surface area is 83.7 Å². The first-order valence-corrected chi connectivity index (χ1v) is 5.55. The third-order valence-electron chi connectivity index (χ3n) is 2.26. The van der Waals surface area contributed by atoms with Crippen LogP contribution in [-0.4, -0.2) is 46.8 Å². The Kier molecular flexibility index (Phi) is 4.05. The van der Waals surface area contributed by atoms with Crippen molar-refractivity contribution in [2.75, 3.05) is 13.2 Å². The summed E-state index contributed by atoms with van der Waals surface area (Å²) in [5, 5.41) is 20.5. The monoisotopic (exact) mass is 227 g/mol. The number of hydrogen-bond acceptors (Lipinski definition) is 5. The van der Waals surface area contributed by atoms with Gasteiger partial charge in [-0.15, -0.1) is 0 Å². The van der Waals surface area contributed by atoms with Gasteiger partial charge in [0, 0.05) is 6.54 Å². The van der Waals surface area contributed by atoms with E-state index in [9.17, 15) is 13.5 Å². The van der Waals surface area contributed by atoms with Gasteiger partial charge in [0.05, 0.1) is 12.2 Å². The molecule has 0 aliphatic carbocycles. The third-order valence-corrected chi connectivity index (χ3v) is 3.93. The predicted octanol–water partition coefficient (Wildman–Crippen LogP) is -1.06. The number of nitrogens with one attached hydrogen (secondary N) is 1. The predicted molar refractivity (Wildman–Crippen MR) is 51.3 cm³/mol. The molecular weight excluding hydrogens is 210 g/mol. The zero-order valence-electron chi connectivity index (χ0n) is 8.48. The normalized spacial score (nSPS) is 17.9. The minimum Gasteiger partial charge on any atom is -0.395 e. The van der Waals surface area contributed by atoms with Gasteiger partial charge in [0.15, 0.2) is 4.87 Å². The maximum Gasteiger partial charge on any atom is 0.286 e. The second kappa shape index (κ2) is 4.11. The van der Waals surface area contributed by atoms with Gasteiger partial charge in [-0.05, 0) is 20.8 Å². The summed E-state index contributed by atoms with van der Waals surface area (Å²) in [7, 11) is -4.47. The van der Waals surface area contributed by atoms with Crippen molar-refractivity contribution in [1.82, 2.24) is 5.32 Å². The van der Waals surface area contributed by atoms with Crippen molar-refractivity contribution in [3.63, 3.8) is 0 Å². The molecule has 0 aromatic heterocycles. The van der Waals surface area contributed by atoms with Crippen LogP contribution in [0.25, 0.3) is 0 Å². The van der Waals surface area contributed by atoms with E-state index in [0.717, 1.165) is 6.92 Å². The van der Waals surface area contributed by atoms with E-state index in [1.807, 2.05) is 0 Å². The van der Waals surface area contributed by atoms with Gasteiger partial charge in [0.25, 0.3) is 10.1 Å². The van der Waals surface area contributed by atoms with E-state index in [-0.39, 0.29) is 13.2 Å². The molecule has 0 amide bonds. The molecule has 0 aliphatic heterocycles. The Morgan fingerprint density at radius 2 is 1.71 bits per heavy atom.